The van der Waals surface area contributed by atoms with Gasteiger partial charge in [0.1, 0.15) is 9.09 Å². The number of halogens is 1. The Balaban J connectivity index is 2.90. The molecule has 1 aromatic heterocycles. The summed E-state index contributed by atoms with van der Waals surface area (Å²) in [5.41, 5.74) is 0.0699. The van der Waals surface area contributed by atoms with Gasteiger partial charge < -0.3 is 5.11 Å². The molecule has 0 radical (unpaired) electrons. The molecule has 0 atom stereocenters. The normalized spacial score (nSPS) is 10.6. The summed E-state index contributed by atoms with van der Waals surface area (Å²) in [5, 5.41) is 23.6. The minimum atomic E-state index is -1.27. The second-order valence-electron chi connectivity index (χ2n) is 2.91. The van der Waals surface area contributed by atoms with Crippen LogP contribution in [0.5, 0.6) is 0 Å². The van der Waals surface area contributed by atoms with Gasteiger partial charge >= 0.3 is 6.09 Å². The number of rotatable bonds is 1. The molecule has 2 rings (SSSR count). The van der Waals surface area contributed by atoms with Crippen LogP contribution < -0.4 is 0 Å². The third kappa shape index (κ3) is 1.50. The summed E-state index contributed by atoms with van der Waals surface area (Å²) < 4.78 is 1.02. The van der Waals surface area contributed by atoms with Gasteiger partial charge in [-0.25, -0.2) is 4.79 Å². The van der Waals surface area contributed by atoms with Crippen LogP contribution in [0, 0.1) is 13.8 Å². The second-order valence-corrected chi connectivity index (χ2v) is 3.94. The molecule has 82 valence electrons. The number of non-ortho nitro benzene ring substituents is 1. The minimum absolute atomic E-state index is 0.144. The van der Waals surface area contributed by atoms with Crippen molar-refractivity contribution in [2.24, 2.45) is 0 Å². The fourth-order valence-electron chi connectivity index (χ4n) is 1.41. The van der Waals surface area contributed by atoms with Crippen molar-refractivity contribution in [1.29, 1.82) is 0 Å². The first-order valence-corrected chi connectivity index (χ1v) is 5.15. The van der Waals surface area contributed by atoms with Gasteiger partial charge in [0, 0.05) is 6.07 Å². The molecule has 1 heterocycles. The van der Waals surface area contributed by atoms with Crippen molar-refractivity contribution < 1.29 is 14.8 Å². The van der Waals surface area contributed by atoms with E-state index in [1.807, 2.05) is 0 Å². The summed E-state index contributed by atoms with van der Waals surface area (Å²) >= 11 is 1.77. The van der Waals surface area contributed by atoms with Crippen LogP contribution in [0.2, 0.25) is 0 Å². The zero-order chi connectivity index (χ0) is 11.9. The molecule has 16 heavy (non-hydrogen) atoms. The maximum Gasteiger partial charge on any atom is 0.432 e. The highest BCUT2D eigenvalue weighted by molar-refractivity contribution is 14.1. The molecule has 0 amide bonds. The summed E-state index contributed by atoms with van der Waals surface area (Å²) in [7, 11) is 0. The zero-order valence-corrected chi connectivity index (χ0v) is 9.78. The number of carbonyl (C=O) groups is 1. The van der Waals surface area contributed by atoms with Gasteiger partial charge in [0.2, 0.25) is 0 Å². The maximum atomic E-state index is 10.8. The lowest BCUT2D eigenvalue weighted by Crippen LogP contribution is -2.09. The van der Waals surface area contributed by atoms with Gasteiger partial charge in [0.25, 0.3) is 5.69 Å². The van der Waals surface area contributed by atoms with Gasteiger partial charge in [-0.05, 0) is 28.7 Å². The van der Waals surface area contributed by atoms with E-state index in [-0.39, 0.29) is 16.6 Å². The average molecular weight is 333 g/mol. The highest BCUT2D eigenvalue weighted by atomic mass is 127. The van der Waals surface area contributed by atoms with E-state index in [9.17, 15) is 14.9 Å². The van der Waals surface area contributed by atoms with E-state index in [2.05, 4.69) is 5.10 Å². The molecule has 0 saturated carbocycles. The largest absolute Gasteiger partial charge is 0.463 e. The van der Waals surface area contributed by atoms with Crippen LogP contribution >= 0.6 is 22.6 Å². The number of nitro groups is 1. The molecule has 0 saturated heterocycles. The number of hydrogen-bond donors (Lipinski definition) is 1. The van der Waals surface area contributed by atoms with E-state index >= 15 is 0 Å². The number of hydrogen-bond acceptors (Lipinski definition) is 4. The molecule has 0 aliphatic carbocycles. The van der Waals surface area contributed by atoms with Gasteiger partial charge in [-0.1, -0.05) is 6.07 Å². The maximum absolute atomic E-state index is 10.8. The van der Waals surface area contributed by atoms with E-state index < -0.39 is 11.0 Å². The Bertz CT molecular complexity index is 607. The van der Waals surface area contributed by atoms with Gasteiger partial charge in [0.15, 0.2) is 0 Å². The number of benzene rings is 1. The van der Waals surface area contributed by atoms with E-state index in [0.29, 0.717) is 3.70 Å². The predicted octanol–water partition coefficient (Wildman–Crippen LogP) is 2.08. The number of fused-ring (bicyclic) bond motifs is 1. The molecule has 0 fully saturated rings. The number of nitrogens with zero attached hydrogens (tertiary/aromatic N) is 3. The smallest absolute Gasteiger partial charge is 0.432 e. The summed E-state index contributed by atoms with van der Waals surface area (Å²) in [5.74, 6) is 0. The van der Waals surface area contributed by atoms with Crippen LogP contribution in [-0.4, -0.2) is 25.9 Å². The zero-order valence-electron chi connectivity index (χ0n) is 7.62. The van der Waals surface area contributed by atoms with Crippen molar-refractivity contribution in [3.05, 3.63) is 32.0 Å². The van der Waals surface area contributed by atoms with Crippen molar-refractivity contribution in [3.8, 4) is 0 Å². The van der Waals surface area contributed by atoms with Gasteiger partial charge in [-0.15, -0.1) is 0 Å². The molecule has 2 aromatic rings. The quantitative estimate of drug-likeness (QED) is 0.489. The number of carboxylic acid groups (broad SMARTS) is 1. The molecule has 0 unspecified atom stereocenters. The Morgan fingerprint density at radius 2 is 2.25 bits per heavy atom. The van der Waals surface area contributed by atoms with Crippen molar-refractivity contribution in [2.75, 3.05) is 0 Å². The van der Waals surface area contributed by atoms with E-state index in [1.165, 1.54) is 18.2 Å². The lowest BCUT2D eigenvalue weighted by molar-refractivity contribution is -0.383. The Kier molecular flexibility index (Phi) is 2.50. The first-order chi connectivity index (χ1) is 7.52. The van der Waals surface area contributed by atoms with Gasteiger partial charge in [0.05, 0.1) is 10.4 Å². The number of nitro benzene ring substituents is 1. The first kappa shape index (κ1) is 10.8. The molecular formula is C8H4IN3O4. The fraction of sp³-hybridized carbons (Fsp3) is 0. The predicted molar refractivity (Wildman–Crippen MR) is 62.5 cm³/mol. The Morgan fingerprint density at radius 3 is 2.81 bits per heavy atom. The standard InChI is InChI=1S/C8H4IN3O4/c9-7-6-4(11(10-7)8(13)14)2-1-3-5(6)12(15)16/h1-3H,(H,13,14). The Morgan fingerprint density at radius 1 is 1.56 bits per heavy atom. The first-order valence-electron chi connectivity index (χ1n) is 4.07. The molecule has 7 nitrogen and oxygen atoms in total. The molecule has 0 aliphatic rings. The Labute approximate surface area is 102 Å². The number of aromatic nitrogens is 2. The highest BCUT2D eigenvalue weighted by Gasteiger charge is 2.21. The Hall–Kier alpha value is -1.71. The lowest BCUT2D eigenvalue weighted by Gasteiger charge is -1.95. The lowest BCUT2D eigenvalue weighted by atomic mass is 10.2. The van der Waals surface area contributed by atoms with Gasteiger partial charge in [-0.3, -0.25) is 10.1 Å². The summed E-state index contributed by atoms with van der Waals surface area (Å²) in [6.07, 6.45) is -1.27. The van der Waals surface area contributed by atoms with Crippen LogP contribution in [0.15, 0.2) is 18.2 Å². The second kappa shape index (κ2) is 3.70. The molecule has 0 aliphatic heterocycles. The summed E-state index contributed by atoms with van der Waals surface area (Å²) in [4.78, 5) is 21.0. The molecular weight excluding hydrogens is 329 g/mol. The molecule has 1 N–H and O–H groups in total. The van der Waals surface area contributed by atoms with Crippen LogP contribution in [0.1, 0.15) is 0 Å². The van der Waals surface area contributed by atoms with Crippen molar-refractivity contribution >= 4 is 45.3 Å². The third-order valence-corrected chi connectivity index (χ3v) is 2.78. The molecule has 1 aromatic carbocycles. The summed E-state index contributed by atoms with van der Waals surface area (Å²) in [6.45, 7) is 0. The molecule has 0 bridgehead atoms. The molecule has 8 heteroatoms. The minimum Gasteiger partial charge on any atom is -0.463 e. The third-order valence-electron chi connectivity index (χ3n) is 2.02. The van der Waals surface area contributed by atoms with Crippen LogP contribution in [-0.2, 0) is 0 Å². The van der Waals surface area contributed by atoms with Gasteiger partial charge in [-0.2, -0.15) is 9.78 Å². The highest BCUT2D eigenvalue weighted by Crippen LogP contribution is 2.29. The van der Waals surface area contributed by atoms with Crippen molar-refractivity contribution in [1.82, 2.24) is 9.78 Å². The van der Waals surface area contributed by atoms with Crippen molar-refractivity contribution in [3.63, 3.8) is 0 Å². The van der Waals surface area contributed by atoms with Crippen LogP contribution in [0.3, 0.4) is 0 Å². The van der Waals surface area contributed by atoms with E-state index in [1.54, 1.807) is 22.6 Å². The van der Waals surface area contributed by atoms with E-state index in [0.717, 1.165) is 4.68 Å². The fourth-order valence-corrected chi connectivity index (χ4v) is 2.17. The summed E-state index contributed by atoms with van der Waals surface area (Å²) in [6, 6.07) is 4.22. The molecule has 0 spiro atoms. The van der Waals surface area contributed by atoms with E-state index in [4.69, 9.17) is 5.11 Å². The van der Waals surface area contributed by atoms with Crippen LogP contribution in [0.4, 0.5) is 10.5 Å². The monoisotopic (exact) mass is 333 g/mol. The van der Waals surface area contributed by atoms with Crippen LogP contribution in [0.25, 0.3) is 10.9 Å². The topological polar surface area (TPSA) is 98.3 Å². The average Bonchev–Trinajstić information content (AvgIpc) is 2.56. The van der Waals surface area contributed by atoms with Crippen molar-refractivity contribution in [2.45, 2.75) is 0 Å². The SMILES string of the molecule is O=C(O)n1nc(I)c2c([N+](=O)[O-])cccc21.